The molecule has 43 heavy (non-hydrogen) atoms. The number of benzene rings is 3. The van der Waals surface area contributed by atoms with E-state index in [1.165, 1.54) is 37.1 Å². The highest BCUT2D eigenvalue weighted by molar-refractivity contribution is 6.05. The van der Waals surface area contributed by atoms with E-state index in [4.69, 9.17) is 19.6 Å². The molecule has 1 aromatic heterocycles. The molecule has 0 aliphatic rings. The van der Waals surface area contributed by atoms with Crippen molar-refractivity contribution in [2.24, 2.45) is 0 Å². The van der Waals surface area contributed by atoms with Crippen LogP contribution in [0.4, 0.5) is 15.8 Å². The Balaban J connectivity index is 1.61. The first-order chi connectivity index (χ1) is 20.4. The number of aliphatic hydroxyl groups is 1. The molecule has 0 radical (unpaired) electrons. The van der Waals surface area contributed by atoms with Crippen LogP contribution in [-0.4, -0.2) is 53.1 Å². The van der Waals surface area contributed by atoms with Crippen molar-refractivity contribution in [3.63, 3.8) is 0 Å². The highest BCUT2D eigenvalue weighted by atomic mass is 19.1. The van der Waals surface area contributed by atoms with Crippen molar-refractivity contribution < 1.29 is 28.5 Å². The van der Waals surface area contributed by atoms with Crippen LogP contribution >= 0.6 is 0 Å². The Labute approximate surface area is 247 Å². The number of hydrogen-bond acceptors (Lipinski definition) is 8. The number of rotatable bonds is 10. The topological polar surface area (TPSA) is 140 Å². The third-order valence-corrected chi connectivity index (χ3v) is 6.60. The van der Waals surface area contributed by atoms with Gasteiger partial charge in [-0.15, -0.1) is 0 Å². The zero-order chi connectivity index (χ0) is 31.5. The van der Waals surface area contributed by atoms with Crippen LogP contribution in [0.2, 0.25) is 0 Å². The Morgan fingerprint density at radius 2 is 1.67 bits per heavy atom. The molecule has 0 spiro atoms. The zero-order valence-electron chi connectivity index (χ0n) is 24.7. The Bertz CT molecular complexity index is 1720. The Kier molecular flexibility index (Phi) is 8.90. The first-order valence-electron chi connectivity index (χ1n) is 13.3. The predicted octanol–water partition coefficient (Wildman–Crippen LogP) is 4.57. The number of methoxy groups -OCH3 is 2. The molecule has 3 aromatic carbocycles. The predicted molar refractivity (Wildman–Crippen MR) is 162 cm³/mol. The zero-order valence-corrected chi connectivity index (χ0v) is 24.7. The molecule has 0 aliphatic carbocycles. The van der Waals surface area contributed by atoms with E-state index in [0.717, 1.165) is 6.07 Å². The van der Waals surface area contributed by atoms with Crippen LogP contribution in [0.15, 0.2) is 65.5 Å². The van der Waals surface area contributed by atoms with E-state index in [-0.39, 0.29) is 29.4 Å². The molecule has 0 fully saturated rings. The second kappa shape index (κ2) is 12.4. The molecule has 12 heteroatoms. The highest BCUT2D eigenvalue weighted by Crippen LogP contribution is 2.34. The van der Waals surface area contributed by atoms with Gasteiger partial charge in [0.2, 0.25) is 5.90 Å². The fraction of sp³-hybridized carbons (Fsp3) is 0.258. The van der Waals surface area contributed by atoms with Gasteiger partial charge in [0, 0.05) is 24.9 Å². The monoisotopic (exact) mass is 591 g/mol. The minimum atomic E-state index is -1.18. The molecule has 0 atom stereocenters. The molecule has 1 amide bonds. The van der Waals surface area contributed by atoms with Gasteiger partial charge in [-0.1, -0.05) is 18.2 Å². The van der Waals surface area contributed by atoms with Gasteiger partial charge in [-0.05, 0) is 51.1 Å². The van der Waals surface area contributed by atoms with Crippen molar-refractivity contribution in [3.05, 3.63) is 93.7 Å². The van der Waals surface area contributed by atoms with Gasteiger partial charge in [-0.3, -0.25) is 19.7 Å². The minimum absolute atomic E-state index is 0.0399. The second-order valence-electron chi connectivity index (χ2n) is 10.3. The molecule has 4 N–H and O–H groups in total. The van der Waals surface area contributed by atoms with Crippen molar-refractivity contribution >= 4 is 23.2 Å². The maximum absolute atomic E-state index is 15.1. The fourth-order valence-corrected chi connectivity index (χ4v) is 4.59. The number of nitrogens with one attached hydrogen (secondary N) is 3. The van der Waals surface area contributed by atoms with Crippen molar-refractivity contribution in [2.75, 3.05) is 31.9 Å². The van der Waals surface area contributed by atoms with Crippen LogP contribution in [-0.2, 0) is 6.54 Å². The maximum atomic E-state index is 15.1. The molecule has 0 bridgehead atoms. The quantitative estimate of drug-likeness (QED) is 0.156. The van der Waals surface area contributed by atoms with Gasteiger partial charge in [-0.2, -0.15) is 0 Å². The third kappa shape index (κ3) is 6.54. The SMILES string of the molecule is CNc1cc(OC)c(OC)cc1C(=N)Oc1ccc(NC(=O)c2c(C)n(CC(C)(C)O)n(-c3ccccc3)c2=O)cc1F. The summed E-state index contributed by atoms with van der Waals surface area (Å²) >= 11 is 0. The lowest BCUT2D eigenvalue weighted by molar-refractivity contribution is 0.0546. The summed E-state index contributed by atoms with van der Waals surface area (Å²) in [6, 6.07) is 15.6. The molecule has 0 saturated heterocycles. The van der Waals surface area contributed by atoms with Crippen molar-refractivity contribution in [3.8, 4) is 22.9 Å². The Morgan fingerprint density at radius 3 is 2.26 bits per heavy atom. The summed E-state index contributed by atoms with van der Waals surface area (Å²) in [6.07, 6.45) is 0. The lowest BCUT2D eigenvalue weighted by Gasteiger charge is -2.22. The van der Waals surface area contributed by atoms with E-state index >= 15 is 4.39 Å². The van der Waals surface area contributed by atoms with Crippen LogP contribution in [0.3, 0.4) is 0 Å². The third-order valence-electron chi connectivity index (χ3n) is 6.60. The Morgan fingerprint density at radius 1 is 1.02 bits per heavy atom. The fourth-order valence-electron chi connectivity index (χ4n) is 4.59. The number of ether oxygens (including phenoxy) is 3. The number of halogens is 1. The summed E-state index contributed by atoms with van der Waals surface area (Å²) in [5.74, 6) is -1.39. The summed E-state index contributed by atoms with van der Waals surface area (Å²) in [5.41, 5.74) is -0.194. The van der Waals surface area contributed by atoms with Crippen LogP contribution in [0.1, 0.15) is 35.5 Å². The minimum Gasteiger partial charge on any atom is -0.493 e. The van der Waals surface area contributed by atoms with E-state index in [2.05, 4.69) is 10.6 Å². The molecular formula is C31H34FN5O6. The van der Waals surface area contributed by atoms with Crippen LogP contribution in [0, 0.1) is 18.2 Å². The average molecular weight is 592 g/mol. The van der Waals surface area contributed by atoms with Crippen LogP contribution in [0.25, 0.3) is 5.69 Å². The number of para-hydroxylation sites is 1. The van der Waals surface area contributed by atoms with Gasteiger partial charge in [0.1, 0.15) is 5.56 Å². The summed E-state index contributed by atoms with van der Waals surface area (Å²) < 4.78 is 34.1. The second-order valence-corrected chi connectivity index (χ2v) is 10.3. The highest BCUT2D eigenvalue weighted by Gasteiger charge is 2.27. The molecular weight excluding hydrogens is 557 g/mol. The van der Waals surface area contributed by atoms with Gasteiger partial charge in [-0.25, -0.2) is 9.07 Å². The standard InChI is InChI=1S/C31H34FN5O6/c1-18-27(30(39)37(20-10-8-7-9-11-20)36(18)17-31(2,3)40)29(38)35-19-12-13-24(22(32)14-19)43-28(33)21-15-25(41-5)26(42-6)16-23(21)34-4/h7-16,33-34,40H,17H2,1-6H3,(H,35,38). The summed E-state index contributed by atoms with van der Waals surface area (Å²) in [4.78, 5) is 26.8. The van der Waals surface area contributed by atoms with Crippen molar-refractivity contribution in [1.82, 2.24) is 9.36 Å². The number of carbonyl (C=O) groups excluding carboxylic acids is 1. The van der Waals surface area contributed by atoms with Gasteiger partial charge in [0.15, 0.2) is 23.1 Å². The summed E-state index contributed by atoms with van der Waals surface area (Å²) in [5, 5.41) is 24.4. The van der Waals surface area contributed by atoms with Crippen molar-refractivity contribution in [2.45, 2.75) is 32.9 Å². The van der Waals surface area contributed by atoms with Crippen LogP contribution < -0.4 is 30.4 Å². The van der Waals surface area contributed by atoms with Crippen LogP contribution in [0.5, 0.6) is 17.2 Å². The maximum Gasteiger partial charge on any atom is 0.284 e. The molecule has 4 rings (SSSR count). The molecule has 226 valence electrons. The lowest BCUT2D eigenvalue weighted by atomic mass is 10.1. The molecule has 11 nitrogen and oxygen atoms in total. The van der Waals surface area contributed by atoms with Crippen molar-refractivity contribution in [1.29, 1.82) is 5.41 Å². The number of nitrogens with zero attached hydrogens (tertiary/aromatic N) is 2. The molecule has 0 saturated carbocycles. The molecule has 0 aliphatic heterocycles. The van der Waals surface area contributed by atoms with Gasteiger partial charge >= 0.3 is 0 Å². The van der Waals surface area contributed by atoms with Gasteiger partial charge in [0.05, 0.1) is 49.0 Å². The van der Waals surface area contributed by atoms with E-state index < -0.39 is 22.9 Å². The number of amides is 1. The normalized spacial score (nSPS) is 11.2. The van der Waals surface area contributed by atoms with E-state index in [1.807, 2.05) is 0 Å². The van der Waals surface area contributed by atoms with Gasteiger partial charge in [0.25, 0.3) is 11.5 Å². The van der Waals surface area contributed by atoms with Gasteiger partial charge < -0.3 is 30.0 Å². The average Bonchev–Trinajstić information content (AvgIpc) is 3.21. The molecule has 0 unspecified atom stereocenters. The number of anilines is 2. The number of aromatic nitrogens is 2. The van der Waals surface area contributed by atoms with E-state index in [1.54, 1.807) is 68.9 Å². The summed E-state index contributed by atoms with van der Waals surface area (Å²) in [7, 11) is 4.60. The lowest BCUT2D eigenvalue weighted by Crippen LogP contribution is -2.32. The number of carbonyl (C=O) groups is 1. The molecule has 1 heterocycles. The van der Waals surface area contributed by atoms with E-state index in [9.17, 15) is 14.7 Å². The molecule has 4 aromatic rings. The first-order valence-corrected chi connectivity index (χ1v) is 13.3. The van der Waals surface area contributed by atoms with E-state index in [0.29, 0.717) is 34.1 Å². The number of hydrogen-bond donors (Lipinski definition) is 4. The first kappa shape index (κ1) is 30.8. The Hall–Kier alpha value is -5.10. The smallest absolute Gasteiger partial charge is 0.284 e. The largest absolute Gasteiger partial charge is 0.493 e. The summed E-state index contributed by atoms with van der Waals surface area (Å²) in [6.45, 7) is 4.85.